The summed E-state index contributed by atoms with van der Waals surface area (Å²) in [6, 6.07) is 10.6. The van der Waals surface area contributed by atoms with Crippen LogP contribution in [0.1, 0.15) is 35.8 Å². The number of nitrogens with zero attached hydrogens (tertiary/aromatic N) is 2. The van der Waals surface area contributed by atoms with Gasteiger partial charge in [0.25, 0.3) is 5.91 Å². The fourth-order valence-electron chi connectivity index (χ4n) is 4.30. The largest absolute Gasteiger partial charge is 0.493 e. The second-order valence-corrected chi connectivity index (χ2v) is 7.81. The lowest BCUT2D eigenvalue weighted by atomic mass is 9.99. The Morgan fingerprint density at radius 3 is 2.42 bits per heavy atom. The molecule has 2 heterocycles. The zero-order valence-electron chi connectivity index (χ0n) is 19.8. The number of carbonyl (C=O) groups is 2. The second-order valence-electron chi connectivity index (χ2n) is 7.81. The molecule has 10 nitrogen and oxygen atoms in total. The number of nitrogens with one attached hydrogen (secondary N) is 2. The predicted octanol–water partition coefficient (Wildman–Crippen LogP) is 3.84. The smallest absolute Gasteiger partial charge is 0.254 e. The van der Waals surface area contributed by atoms with Crippen LogP contribution in [0.4, 0.5) is 11.5 Å². The molecule has 2 amide bonds. The lowest BCUT2D eigenvalue weighted by Crippen LogP contribution is -2.27. The zero-order valence-corrected chi connectivity index (χ0v) is 19.8. The summed E-state index contributed by atoms with van der Waals surface area (Å²) in [4.78, 5) is 24.6. The van der Waals surface area contributed by atoms with Crippen molar-refractivity contribution in [3.8, 4) is 28.5 Å². The normalized spacial score (nSPS) is 13.9. The maximum Gasteiger partial charge on any atom is 0.254 e. The van der Waals surface area contributed by atoms with Crippen LogP contribution in [0.25, 0.3) is 11.3 Å². The molecule has 0 bridgehead atoms. The molecule has 4 N–H and O–H groups in total. The number of carbonyl (C=O) groups excluding carboxylic acids is 2. The lowest BCUT2D eigenvalue weighted by molar-refractivity contribution is -0.111. The molecule has 1 aliphatic heterocycles. The summed E-state index contributed by atoms with van der Waals surface area (Å²) in [6.45, 7) is 4.10. The van der Waals surface area contributed by atoms with Crippen molar-refractivity contribution in [3.63, 3.8) is 0 Å². The van der Waals surface area contributed by atoms with Gasteiger partial charge < -0.3 is 30.6 Å². The first-order valence-corrected chi connectivity index (χ1v) is 10.9. The van der Waals surface area contributed by atoms with Crippen LogP contribution in [0.3, 0.4) is 0 Å². The third-order valence-electron chi connectivity index (χ3n) is 5.86. The first-order chi connectivity index (χ1) is 16.9. The third-order valence-corrected chi connectivity index (χ3v) is 5.86. The molecule has 1 aliphatic rings. The number of anilines is 2. The Hall–Kier alpha value is -4.47. The molecule has 0 aliphatic carbocycles. The Morgan fingerprint density at radius 1 is 1.17 bits per heavy atom. The number of aromatic nitrogens is 2. The number of primary amides is 1. The number of hydrogen-bond acceptors (Lipinski definition) is 7. The van der Waals surface area contributed by atoms with Gasteiger partial charge in [-0.05, 0) is 30.7 Å². The molecule has 3 aromatic rings. The molecule has 0 fully saturated rings. The molecular weight excluding hydrogens is 462 g/mol. The highest BCUT2D eigenvalue weighted by atomic mass is 16.5. The molecule has 0 saturated heterocycles. The predicted molar refractivity (Wildman–Crippen MR) is 139 cm³/mol. The van der Waals surface area contributed by atoms with Gasteiger partial charge in [-0.25, -0.2) is 4.68 Å². The van der Waals surface area contributed by atoms with E-state index in [2.05, 4.69) is 17.2 Å². The standard InChI is InChI=1S/C25H27N5O5.CH4/c1-5-20(31)28-16-9-7-6-8-15(16)17-10-11-27-25-21(24(26)32)22(29-30(17)25)14-12-18(33-2)23(35-4)19(13-14)34-3;/h5-9,12-13,17,27H,1,10-11H2,2-4H3,(H2,26,32)(H,28,31);1H4. The monoisotopic (exact) mass is 493 g/mol. The molecule has 4 rings (SSSR count). The number of benzene rings is 2. The zero-order chi connectivity index (χ0) is 25.1. The Morgan fingerprint density at radius 2 is 1.83 bits per heavy atom. The molecular formula is C26H31N5O5. The summed E-state index contributed by atoms with van der Waals surface area (Å²) in [7, 11) is 4.54. The minimum atomic E-state index is -0.628. The molecule has 0 saturated carbocycles. The Bertz CT molecular complexity index is 1270. The van der Waals surface area contributed by atoms with E-state index in [1.807, 2.05) is 24.3 Å². The average molecular weight is 494 g/mol. The number of ether oxygens (including phenoxy) is 3. The molecule has 36 heavy (non-hydrogen) atoms. The summed E-state index contributed by atoms with van der Waals surface area (Å²) in [5.74, 6) is 0.823. The maximum absolute atomic E-state index is 12.6. The molecule has 1 unspecified atom stereocenters. The van der Waals surface area contributed by atoms with Crippen molar-refractivity contribution >= 4 is 23.3 Å². The minimum Gasteiger partial charge on any atom is -0.493 e. The van der Waals surface area contributed by atoms with E-state index in [4.69, 9.17) is 25.0 Å². The first-order valence-electron chi connectivity index (χ1n) is 10.9. The van der Waals surface area contributed by atoms with Crippen LogP contribution < -0.4 is 30.6 Å². The van der Waals surface area contributed by atoms with Crippen LogP contribution in [0.2, 0.25) is 0 Å². The Balaban J connectivity index is 0.00000361. The average Bonchev–Trinajstić information content (AvgIpc) is 3.28. The molecule has 10 heteroatoms. The maximum atomic E-state index is 12.6. The van der Waals surface area contributed by atoms with Gasteiger partial charge in [0.15, 0.2) is 11.5 Å². The van der Waals surface area contributed by atoms with E-state index in [1.54, 1.807) is 16.8 Å². The van der Waals surface area contributed by atoms with E-state index in [1.165, 1.54) is 27.4 Å². The van der Waals surface area contributed by atoms with Gasteiger partial charge in [-0.2, -0.15) is 5.10 Å². The van der Waals surface area contributed by atoms with E-state index in [9.17, 15) is 9.59 Å². The number of fused-ring (bicyclic) bond motifs is 1. The van der Waals surface area contributed by atoms with Crippen LogP contribution >= 0.6 is 0 Å². The summed E-state index contributed by atoms with van der Waals surface area (Å²) >= 11 is 0. The van der Waals surface area contributed by atoms with Gasteiger partial charge in [0, 0.05) is 23.4 Å². The van der Waals surface area contributed by atoms with Gasteiger partial charge in [-0.15, -0.1) is 0 Å². The number of nitrogens with two attached hydrogens (primary N) is 1. The highest BCUT2D eigenvalue weighted by molar-refractivity contribution is 6.04. The van der Waals surface area contributed by atoms with Crippen LogP contribution in [-0.4, -0.2) is 49.5 Å². The van der Waals surface area contributed by atoms with Crippen molar-refractivity contribution < 1.29 is 23.8 Å². The number of rotatable bonds is 8. The highest BCUT2D eigenvalue weighted by Crippen LogP contribution is 2.44. The van der Waals surface area contributed by atoms with E-state index >= 15 is 0 Å². The summed E-state index contributed by atoms with van der Waals surface area (Å²) in [5.41, 5.74) is 8.51. The number of para-hydroxylation sites is 1. The number of methoxy groups -OCH3 is 3. The van der Waals surface area contributed by atoms with Crippen molar-refractivity contribution in [2.75, 3.05) is 38.5 Å². The number of hydrogen-bond donors (Lipinski definition) is 3. The molecule has 1 atom stereocenters. The van der Waals surface area contributed by atoms with Gasteiger partial charge in [0.1, 0.15) is 17.1 Å². The Labute approximate surface area is 210 Å². The van der Waals surface area contributed by atoms with Crippen molar-refractivity contribution in [3.05, 3.63) is 60.2 Å². The van der Waals surface area contributed by atoms with Crippen molar-refractivity contribution in [1.29, 1.82) is 0 Å². The molecule has 190 valence electrons. The molecule has 0 spiro atoms. The lowest BCUT2D eigenvalue weighted by Gasteiger charge is -2.28. The highest BCUT2D eigenvalue weighted by Gasteiger charge is 2.32. The summed E-state index contributed by atoms with van der Waals surface area (Å²) in [6.07, 6.45) is 1.88. The molecule has 0 radical (unpaired) electrons. The van der Waals surface area contributed by atoms with Gasteiger partial charge in [0.05, 0.1) is 27.4 Å². The van der Waals surface area contributed by atoms with Crippen molar-refractivity contribution in [2.45, 2.75) is 19.9 Å². The summed E-state index contributed by atoms with van der Waals surface area (Å²) in [5, 5.41) is 10.9. The van der Waals surface area contributed by atoms with Crippen LogP contribution in [0.5, 0.6) is 17.2 Å². The van der Waals surface area contributed by atoms with Crippen molar-refractivity contribution in [2.24, 2.45) is 5.73 Å². The Kier molecular flexibility index (Phi) is 7.88. The van der Waals surface area contributed by atoms with E-state index < -0.39 is 5.91 Å². The van der Waals surface area contributed by atoms with Gasteiger partial charge in [-0.1, -0.05) is 32.2 Å². The fourth-order valence-corrected chi connectivity index (χ4v) is 4.30. The first kappa shape index (κ1) is 26.1. The minimum absolute atomic E-state index is 0. The van der Waals surface area contributed by atoms with Crippen LogP contribution in [0.15, 0.2) is 49.1 Å². The van der Waals surface area contributed by atoms with Crippen LogP contribution in [0, 0.1) is 0 Å². The quantitative estimate of drug-likeness (QED) is 0.407. The van der Waals surface area contributed by atoms with Crippen LogP contribution in [-0.2, 0) is 4.79 Å². The van der Waals surface area contributed by atoms with Crippen molar-refractivity contribution in [1.82, 2.24) is 9.78 Å². The van der Waals surface area contributed by atoms with Gasteiger partial charge >= 0.3 is 0 Å². The van der Waals surface area contributed by atoms with E-state index in [-0.39, 0.29) is 24.9 Å². The molecule has 2 aromatic carbocycles. The SMILES string of the molecule is C.C=CC(=O)Nc1ccccc1C1CCNc2c(C(N)=O)c(-c3cc(OC)c(OC)c(OC)c3)nn21. The third kappa shape index (κ3) is 4.57. The fraction of sp³-hybridized carbons (Fsp3) is 0.269. The van der Waals surface area contributed by atoms with E-state index in [0.29, 0.717) is 53.0 Å². The van der Waals surface area contributed by atoms with Gasteiger partial charge in [0.2, 0.25) is 11.7 Å². The van der Waals surface area contributed by atoms with E-state index in [0.717, 1.165) is 5.56 Å². The topological polar surface area (TPSA) is 130 Å². The second kappa shape index (κ2) is 10.9. The van der Waals surface area contributed by atoms with Gasteiger partial charge in [-0.3, -0.25) is 9.59 Å². The molecule has 1 aromatic heterocycles. The number of amides is 2. The summed E-state index contributed by atoms with van der Waals surface area (Å²) < 4.78 is 18.1.